The molecule has 0 N–H and O–H groups in total. The number of allylic oxidation sites excluding steroid dienone is 6. The first kappa shape index (κ1) is 11.0. The van der Waals surface area contributed by atoms with Crippen LogP contribution in [-0.4, -0.2) is 5.78 Å². The van der Waals surface area contributed by atoms with Gasteiger partial charge in [0.2, 0.25) is 0 Å². The Kier molecular flexibility index (Phi) is 3.10. The smallest absolute Gasteiger partial charge is 0.184 e. The molecule has 76 valence electrons. The quantitative estimate of drug-likeness (QED) is 0.610. The van der Waals surface area contributed by atoms with Crippen LogP contribution in [0.25, 0.3) is 0 Å². The van der Waals surface area contributed by atoms with Gasteiger partial charge in [0.1, 0.15) is 0 Å². The van der Waals surface area contributed by atoms with Crippen LogP contribution >= 0.6 is 0 Å². The van der Waals surface area contributed by atoms with Crippen molar-refractivity contribution in [3.63, 3.8) is 0 Å². The summed E-state index contributed by atoms with van der Waals surface area (Å²) in [5.74, 6) is 0.182. The van der Waals surface area contributed by atoms with Crippen molar-refractivity contribution in [2.45, 2.75) is 34.1 Å². The van der Waals surface area contributed by atoms with Gasteiger partial charge in [-0.2, -0.15) is 0 Å². The highest BCUT2D eigenvalue weighted by atomic mass is 16.1. The van der Waals surface area contributed by atoms with Gasteiger partial charge in [0.05, 0.1) is 0 Å². The molecule has 0 atom stereocenters. The predicted octanol–water partition coefficient (Wildman–Crippen LogP) is 3.43. The van der Waals surface area contributed by atoms with E-state index in [1.54, 1.807) is 0 Å². The number of hydrogen-bond donors (Lipinski definition) is 0. The zero-order valence-corrected chi connectivity index (χ0v) is 9.42. The summed E-state index contributed by atoms with van der Waals surface area (Å²) in [5, 5.41) is 0. The van der Waals surface area contributed by atoms with E-state index in [1.807, 2.05) is 32.1 Å². The first-order valence-electron chi connectivity index (χ1n) is 5.04. The molecule has 1 rings (SSSR count). The Morgan fingerprint density at radius 3 is 2.64 bits per heavy atom. The molecule has 0 aromatic rings. The number of carbonyl (C=O) groups excluding carboxylic acids is 1. The van der Waals surface area contributed by atoms with E-state index in [4.69, 9.17) is 0 Å². The Hall–Kier alpha value is -1.11. The predicted molar refractivity (Wildman–Crippen MR) is 60.1 cm³/mol. The van der Waals surface area contributed by atoms with E-state index in [9.17, 15) is 4.79 Å². The minimum atomic E-state index is -0.0178. The van der Waals surface area contributed by atoms with Crippen LogP contribution in [0.2, 0.25) is 0 Å². The fourth-order valence-corrected chi connectivity index (χ4v) is 1.59. The fourth-order valence-electron chi connectivity index (χ4n) is 1.59. The molecular weight excluding hydrogens is 172 g/mol. The maximum atomic E-state index is 12.0. The SMILES string of the molecule is C/C=C(\C)C(=O)C1=CC=CCC1(C)C. The third kappa shape index (κ3) is 2.03. The number of ketones is 1. The molecule has 0 aromatic heterocycles. The second kappa shape index (κ2) is 3.95. The fraction of sp³-hybridized carbons (Fsp3) is 0.462. The third-order valence-corrected chi connectivity index (χ3v) is 2.79. The zero-order chi connectivity index (χ0) is 10.8. The van der Waals surface area contributed by atoms with E-state index in [1.165, 1.54) is 0 Å². The second-order valence-electron chi connectivity index (χ2n) is 4.40. The summed E-state index contributed by atoms with van der Waals surface area (Å²) < 4.78 is 0. The monoisotopic (exact) mass is 190 g/mol. The lowest BCUT2D eigenvalue weighted by Gasteiger charge is -2.28. The van der Waals surface area contributed by atoms with E-state index in [0.717, 1.165) is 17.6 Å². The van der Waals surface area contributed by atoms with Gasteiger partial charge in [0.15, 0.2) is 5.78 Å². The van der Waals surface area contributed by atoms with E-state index >= 15 is 0 Å². The summed E-state index contributed by atoms with van der Waals surface area (Å²) in [6.45, 7) is 8.00. The molecule has 0 aromatic carbocycles. The van der Waals surface area contributed by atoms with E-state index in [-0.39, 0.29) is 11.2 Å². The first-order valence-corrected chi connectivity index (χ1v) is 5.04. The maximum Gasteiger partial charge on any atom is 0.184 e. The summed E-state index contributed by atoms with van der Waals surface area (Å²) in [6, 6.07) is 0. The highest BCUT2D eigenvalue weighted by Crippen LogP contribution is 2.35. The maximum absolute atomic E-state index is 12.0. The minimum Gasteiger partial charge on any atom is -0.289 e. The van der Waals surface area contributed by atoms with Gasteiger partial charge in [-0.05, 0) is 31.3 Å². The molecule has 1 nitrogen and oxygen atoms in total. The Labute approximate surface area is 86.2 Å². The molecular formula is C13H18O. The highest BCUT2D eigenvalue weighted by molar-refractivity contribution is 6.08. The Morgan fingerprint density at radius 2 is 2.14 bits per heavy atom. The molecule has 0 aliphatic heterocycles. The molecule has 0 fully saturated rings. The number of hydrogen-bond acceptors (Lipinski definition) is 1. The lowest BCUT2D eigenvalue weighted by atomic mass is 9.75. The number of Topliss-reactive ketones (excluding diaryl/α,β-unsaturated/α-hetero) is 1. The second-order valence-corrected chi connectivity index (χ2v) is 4.40. The normalized spacial score (nSPS) is 20.6. The Balaban J connectivity index is 3.02. The summed E-state index contributed by atoms with van der Waals surface area (Å²) in [6.07, 6.45) is 8.85. The molecule has 0 bridgehead atoms. The van der Waals surface area contributed by atoms with Gasteiger partial charge in [0, 0.05) is 5.57 Å². The van der Waals surface area contributed by atoms with E-state index < -0.39 is 0 Å². The number of carbonyl (C=O) groups is 1. The van der Waals surface area contributed by atoms with Crippen molar-refractivity contribution in [2.75, 3.05) is 0 Å². The van der Waals surface area contributed by atoms with Gasteiger partial charge in [0.25, 0.3) is 0 Å². The van der Waals surface area contributed by atoms with Crippen LogP contribution in [0.1, 0.15) is 34.1 Å². The van der Waals surface area contributed by atoms with Crippen LogP contribution in [0.4, 0.5) is 0 Å². The molecule has 1 aliphatic rings. The summed E-state index contributed by atoms with van der Waals surface area (Å²) in [5.41, 5.74) is 1.74. The Bertz CT molecular complexity index is 327. The van der Waals surface area contributed by atoms with Crippen molar-refractivity contribution in [3.05, 3.63) is 35.5 Å². The number of rotatable bonds is 2. The molecule has 14 heavy (non-hydrogen) atoms. The average Bonchev–Trinajstić information content (AvgIpc) is 2.15. The average molecular weight is 190 g/mol. The summed E-state index contributed by atoms with van der Waals surface area (Å²) in [7, 11) is 0. The largest absolute Gasteiger partial charge is 0.289 e. The van der Waals surface area contributed by atoms with Crippen LogP contribution in [-0.2, 0) is 4.79 Å². The molecule has 0 amide bonds. The molecule has 0 saturated carbocycles. The van der Waals surface area contributed by atoms with Crippen molar-refractivity contribution in [2.24, 2.45) is 5.41 Å². The van der Waals surface area contributed by atoms with Gasteiger partial charge >= 0.3 is 0 Å². The van der Waals surface area contributed by atoms with Crippen LogP contribution in [0.5, 0.6) is 0 Å². The van der Waals surface area contributed by atoms with Crippen LogP contribution < -0.4 is 0 Å². The van der Waals surface area contributed by atoms with Crippen molar-refractivity contribution >= 4 is 5.78 Å². The van der Waals surface area contributed by atoms with Crippen molar-refractivity contribution in [3.8, 4) is 0 Å². The van der Waals surface area contributed by atoms with Crippen LogP contribution in [0.3, 0.4) is 0 Å². The topological polar surface area (TPSA) is 17.1 Å². The highest BCUT2D eigenvalue weighted by Gasteiger charge is 2.28. The minimum absolute atomic E-state index is 0.0178. The first-order chi connectivity index (χ1) is 6.49. The molecule has 0 spiro atoms. The molecule has 0 heterocycles. The molecule has 0 radical (unpaired) electrons. The van der Waals surface area contributed by atoms with Gasteiger partial charge in [-0.1, -0.05) is 38.2 Å². The molecule has 0 saturated heterocycles. The molecule has 0 unspecified atom stereocenters. The van der Waals surface area contributed by atoms with Crippen molar-refractivity contribution in [1.29, 1.82) is 0 Å². The van der Waals surface area contributed by atoms with Gasteiger partial charge in [-0.25, -0.2) is 0 Å². The third-order valence-electron chi connectivity index (χ3n) is 2.79. The Morgan fingerprint density at radius 1 is 1.50 bits per heavy atom. The van der Waals surface area contributed by atoms with Crippen LogP contribution in [0.15, 0.2) is 35.5 Å². The summed E-state index contributed by atoms with van der Waals surface area (Å²) in [4.78, 5) is 12.0. The lowest BCUT2D eigenvalue weighted by molar-refractivity contribution is -0.113. The van der Waals surface area contributed by atoms with Gasteiger partial charge in [-0.15, -0.1) is 0 Å². The zero-order valence-electron chi connectivity index (χ0n) is 9.42. The molecule has 1 aliphatic carbocycles. The van der Waals surface area contributed by atoms with Crippen LogP contribution in [0, 0.1) is 5.41 Å². The van der Waals surface area contributed by atoms with E-state index in [0.29, 0.717) is 0 Å². The van der Waals surface area contributed by atoms with Gasteiger partial charge in [-0.3, -0.25) is 4.79 Å². The summed E-state index contributed by atoms with van der Waals surface area (Å²) >= 11 is 0. The van der Waals surface area contributed by atoms with E-state index in [2.05, 4.69) is 19.9 Å². The standard InChI is InChI=1S/C13H18O/c1-5-10(2)12(14)11-8-6-7-9-13(11,3)4/h5-8H,9H2,1-4H3/b10-5+. The lowest BCUT2D eigenvalue weighted by Crippen LogP contribution is -2.23. The van der Waals surface area contributed by atoms with Gasteiger partial charge < -0.3 is 0 Å². The van der Waals surface area contributed by atoms with Crippen molar-refractivity contribution in [1.82, 2.24) is 0 Å². The molecule has 1 heteroatoms. The van der Waals surface area contributed by atoms with Crippen molar-refractivity contribution < 1.29 is 4.79 Å².